The predicted octanol–water partition coefficient (Wildman–Crippen LogP) is 0.320. The third-order valence-corrected chi connectivity index (χ3v) is 3.11. The summed E-state index contributed by atoms with van der Waals surface area (Å²) < 4.78 is 10.3. The van der Waals surface area contributed by atoms with Crippen LogP contribution in [0.4, 0.5) is 0 Å². The van der Waals surface area contributed by atoms with E-state index in [2.05, 4.69) is 15.2 Å². The molecule has 2 rings (SSSR count). The van der Waals surface area contributed by atoms with Crippen LogP contribution in [0.3, 0.4) is 0 Å². The van der Waals surface area contributed by atoms with E-state index < -0.39 is 0 Å². The highest BCUT2D eigenvalue weighted by Crippen LogP contribution is 2.13. The van der Waals surface area contributed by atoms with Crippen molar-refractivity contribution < 1.29 is 13.9 Å². The molecule has 0 amide bonds. The Hall–Kier alpha value is -1.40. The van der Waals surface area contributed by atoms with E-state index in [0.717, 1.165) is 24.5 Å². The van der Waals surface area contributed by atoms with E-state index in [-0.39, 0.29) is 12.0 Å². The number of esters is 1. The fourth-order valence-electron chi connectivity index (χ4n) is 2.08. The van der Waals surface area contributed by atoms with Gasteiger partial charge in [0, 0.05) is 26.2 Å². The van der Waals surface area contributed by atoms with Crippen LogP contribution in [0.2, 0.25) is 0 Å². The standard InChI is InChI=1S/C12H19N3O3/c1-3-17-12(16)11-6-13-4-5-15(11)7-10-9(2)18-8-14-10/h8,11,13H,3-7H2,1-2H3. The van der Waals surface area contributed by atoms with E-state index in [1.165, 1.54) is 6.39 Å². The van der Waals surface area contributed by atoms with Crippen LogP contribution in [0.1, 0.15) is 18.4 Å². The smallest absolute Gasteiger partial charge is 0.324 e. The fourth-order valence-corrected chi connectivity index (χ4v) is 2.08. The Bertz CT molecular complexity index is 405. The lowest BCUT2D eigenvalue weighted by atomic mass is 10.1. The van der Waals surface area contributed by atoms with Gasteiger partial charge in [-0.05, 0) is 13.8 Å². The Balaban J connectivity index is 2.04. The number of carbonyl (C=O) groups is 1. The van der Waals surface area contributed by atoms with Gasteiger partial charge in [-0.2, -0.15) is 0 Å². The Morgan fingerprint density at radius 2 is 2.56 bits per heavy atom. The molecule has 0 aromatic carbocycles. The highest BCUT2D eigenvalue weighted by Gasteiger charge is 2.30. The predicted molar refractivity (Wildman–Crippen MR) is 64.9 cm³/mol. The minimum atomic E-state index is -0.241. The van der Waals surface area contributed by atoms with E-state index in [0.29, 0.717) is 19.7 Å². The molecule has 1 atom stereocenters. The first-order valence-electron chi connectivity index (χ1n) is 6.22. The zero-order valence-electron chi connectivity index (χ0n) is 10.8. The Morgan fingerprint density at radius 3 is 3.22 bits per heavy atom. The number of nitrogens with zero attached hydrogens (tertiary/aromatic N) is 2. The van der Waals surface area contributed by atoms with Crippen LogP contribution in [-0.4, -0.2) is 48.1 Å². The Kier molecular flexibility index (Phi) is 4.33. The summed E-state index contributed by atoms with van der Waals surface area (Å²) in [5.74, 6) is 0.627. The van der Waals surface area contributed by atoms with Gasteiger partial charge in [0.2, 0.25) is 0 Å². The second-order valence-corrected chi connectivity index (χ2v) is 4.30. The molecule has 0 radical (unpaired) electrons. The van der Waals surface area contributed by atoms with Crippen LogP contribution in [0.5, 0.6) is 0 Å². The molecular formula is C12H19N3O3. The molecule has 1 aliphatic heterocycles. The normalized spacial score (nSPS) is 20.9. The molecule has 1 aliphatic rings. The lowest BCUT2D eigenvalue weighted by molar-refractivity contribution is -0.150. The van der Waals surface area contributed by atoms with E-state index >= 15 is 0 Å². The van der Waals surface area contributed by atoms with Crippen LogP contribution in [0, 0.1) is 6.92 Å². The molecule has 100 valence electrons. The zero-order valence-corrected chi connectivity index (χ0v) is 10.8. The number of oxazole rings is 1. The lowest BCUT2D eigenvalue weighted by Gasteiger charge is -2.33. The van der Waals surface area contributed by atoms with Gasteiger partial charge in [0.25, 0.3) is 0 Å². The van der Waals surface area contributed by atoms with Crippen molar-refractivity contribution in [3.63, 3.8) is 0 Å². The molecule has 6 nitrogen and oxygen atoms in total. The molecule has 1 unspecified atom stereocenters. The van der Waals surface area contributed by atoms with E-state index in [9.17, 15) is 4.79 Å². The topological polar surface area (TPSA) is 67.6 Å². The van der Waals surface area contributed by atoms with Crippen molar-refractivity contribution in [2.45, 2.75) is 26.4 Å². The summed E-state index contributed by atoms with van der Waals surface area (Å²) in [7, 11) is 0. The Labute approximate surface area is 106 Å². The summed E-state index contributed by atoms with van der Waals surface area (Å²) in [5.41, 5.74) is 0.881. The molecule has 0 aliphatic carbocycles. The minimum Gasteiger partial charge on any atom is -0.465 e. The molecule has 0 spiro atoms. The molecule has 6 heteroatoms. The van der Waals surface area contributed by atoms with Crippen LogP contribution in [0.15, 0.2) is 10.8 Å². The number of piperazine rings is 1. The van der Waals surface area contributed by atoms with Gasteiger partial charge in [-0.1, -0.05) is 0 Å². The number of aryl methyl sites for hydroxylation is 1. The van der Waals surface area contributed by atoms with Gasteiger partial charge in [0.05, 0.1) is 12.3 Å². The van der Waals surface area contributed by atoms with Gasteiger partial charge < -0.3 is 14.5 Å². The molecule has 1 N–H and O–H groups in total. The van der Waals surface area contributed by atoms with Crippen molar-refractivity contribution in [1.82, 2.24) is 15.2 Å². The summed E-state index contributed by atoms with van der Waals surface area (Å²) in [4.78, 5) is 18.1. The van der Waals surface area contributed by atoms with Gasteiger partial charge in [-0.25, -0.2) is 4.98 Å². The second kappa shape index (κ2) is 5.97. The summed E-state index contributed by atoms with van der Waals surface area (Å²) in [6.07, 6.45) is 1.44. The summed E-state index contributed by atoms with van der Waals surface area (Å²) in [6, 6.07) is -0.241. The number of aromatic nitrogens is 1. The number of ether oxygens (including phenoxy) is 1. The number of carbonyl (C=O) groups excluding carboxylic acids is 1. The molecular weight excluding hydrogens is 234 g/mol. The second-order valence-electron chi connectivity index (χ2n) is 4.30. The van der Waals surface area contributed by atoms with Gasteiger partial charge in [-0.15, -0.1) is 0 Å². The SMILES string of the molecule is CCOC(=O)C1CNCCN1Cc1ncoc1C. The first-order valence-corrected chi connectivity index (χ1v) is 6.22. The van der Waals surface area contributed by atoms with E-state index in [1.54, 1.807) is 0 Å². The fraction of sp³-hybridized carbons (Fsp3) is 0.667. The zero-order chi connectivity index (χ0) is 13.0. The van der Waals surface area contributed by atoms with Gasteiger partial charge in [0.1, 0.15) is 11.8 Å². The molecule has 1 aromatic heterocycles. The largest absolute Gasteiger partial charge is 0.465 e. The van der Waals surface area contributed by atoms with Crippen molar-refractivity contribution >= 4 is 5.97 Å². The summed E-state index contributed by atoms with van der Waals surface area (Å²) in [6.45, 7) is 7.02. The van der Waals surface area contributed by atoms with Gasteiger partial charge in [-0.3, -0.25) is 9.69 Å². The molecule has 0 bridgehead atoms. The van der Waals surface area contributed by atoms with Crippen molar-refractivity contribution in [3.05, 3.63) is 17.8 Å². The van der Waals surface area contributed by atoms with Crippen LogP contribution >= 0.6 is 0 Å². The monoisotopic (exact) mass is 253 g/mol. The number of rotatable bonds is 4. The number of hydrogen-bond donors (Lipinski definition) is 1. The molecule has 0 saturated carbocycles. The van der Waals surface area contributed by atoms with Gasteiger partial charge in [0.15, 0.2) is 6.39 Å². The molecule has 1 fully saturated rings. The van der Waals surface area contributed by atoms with Crippen LogP contribution < -0.4 is 5.32 Å². The van der Waals surface area contributed by atoms with Crippen molar-refractivity contribution in [2.75, 3.05) is 26.2 Å². The third kappa shape index (κ3) is 2.88. The maximum atomic E-state index is 11.9. The van der Waals surface area contributed by atoms with E-state index in [4.69, 9.17) is 9.15 Å². The van der Waals surface area contributed by atoms with Gasteiger partial charge >= 0.3 is 5.97 Å². The van der Waals surface area contributed by atoms with E-state index in [1.807, 2.05) is 13.8 Å². The number of hydrogen-bond acceptors (Lipinski definition) is 6. The summed E-state index contributed by atoms with van der Waals surface area (Å²) in [5, 5.41) is 3.21. The summed E-state index contributed by atoms with van der Waals surface area (Å²) >= 11 is 0. The Morgan fingerprint density at radius 1 is 1.72 bits per heavy atom. The first kappa shape index (κ1) is 13.0. The first-order chi connectivity index (χ1) is 8.72. The highest BCUT2D eigenvalue weighted by atomic mass is 16.5. The average Bonchev–Trinajstić information content (AvgIpc) is 2.76. The van der Waals surface area contributed by atoms with Crippen molar-refractivity contribution in [2.24, 2.45) is 0 Å². The maximum absolute atomic E-state index is 11.9. The molecule has 1 aromatic rings. The van der Waals surface area contributed by atoms with Crippen LogP contribution in [0.25, 0.3) is 0 Å². The lowest BCUT2D eigenvalue weighted by Crippen LogP contribution is -2.55. The molecule has 18 heavy (non-hydrogen) atoms. The van der Waals surface area contributed by atoms with Crippen molar-refractivity contribution in [3.8, 4) is 0 Å². The third-order valence-electron chi connectivity index (χ3n) is 3.11. The van der Waals surface area contributed by atoms with Crippen molar-refractivity contribution in [1.29, 1.82) is 0 Å². The average molecular weight is 253 g/mol. The number of nitrogens with one attached hydrogen (secondary N) is 1. The minimum absolute atomic E-state index is 0.175. The maximum Gasteiger partial charge on any atom is 0.324 e. The molecule has 2 heterocycles. The quantitative estimate of drug-likeness (QED) is 0.779. The molecule has 1 saturated heterocycles. The van der Waals surface area contributed by atoms with Crippen LogP contribution in [-0.2, 0) is 16.1 Å². The highest BCUT2D eigenvalue weighted by molar-refractivity contribution is 5.76.